The number of nitrogens with one attached hydrogen (secondary N) is 1. The van der Waals surface area contributed by atoms with E-state index in [0.29, 0.717) is 6.04 Å². The Bertz CT molecular complexity index is 360. The van der Waals surface area contributed by atoms with E-state index in [0.717, 1.165) is 24.5 Å². The molecule has 1 rings (SSSR count). The van der Waals surface area contributed by atoms with Crippen LogP contribution in [0.2, 0.25) is 0 Å². The van der Waals surface area contributed by atoms with Crippen LogP contribution in [0.5, 0.6) is 5.75 Å². The summed E-state index contributed by atoms with van der Waals surface area (Å²) in [5.74, 6) is 3.35. The molecule has 0 aliphatic heterocycles. The number of hydrogen-bond donors (Lipinski definition) is 1. The van der Waals surface area contributed by atoms with E-state index in [1.54, 1.807) is 7.11 Å². The topological polar surface area (TPSA) is 21.3 Å². The van der Waals surface area contributed by atoms with Crippen molar-refractivity contribution in [2.24, 2.45) is 0 Å². The molecule has 1 aromatic rings. The van der Waals surface area contributed by atoms with Gasteiger partial charge >= 0.3 is 0 Å². The van der Waals surface area contributed by atoms with E-state index in [1.807, 2.05) is 11.8 Å². The van der Waals surface area contributed by atoms with E-state index in [1.165, 1.54) is 23.3 Å². The Hall–Kier alpha value is -0.670. The minimum absolute atomic E-state index is 0.528. The van der Waals surface area contributed by atoms with Gasteiger partial charge in [0.2, 0.25) is 0 Å². The Kier molecular flexibility index (Phi) is 7.99. The van der Waals surface area contributed by atoms with Crippen LogP contribution >= 0.6 is 11.8 Å². The van der Waals surface area contributed by atoms with Crippen molar-refractivity contribution in [3.8, 4) is 5.75 Å². The second-order valence-electron chi connectivity index (χ2n) is 4.83. The first kappa shape index (κ1) is 16.4. The van der Waals surface area contributed by atoms with Gasteiger partial charge in [0.15, 0.2) is 0 Å². The summed E-state index contributed by atoms with van der Waals surface area (Å²) in [5, 5.41) is 3.65. The normalized spacial score (nSPS) is 12.4. The number of benzene rings is 1. The first-order chi connectivity index (χ1) is 9.21. The summed E-state index contributed by atoms with van der Waals surface area (Å²) in [6, 6.07) is 6.96. The first-order valence-corrected chi connectivity index (χ1v) is 8.31. The van der Waals surface area contributed by atoms with Crippen LogP contribution in [0.25, 0.3) is 0 Å². The number of hydrogen-bond acceptors (Lipinski definition) is 3. The third-order valence-electron chi connectivity index (χ3n) is 3.11. The maximum absolute atomic E-state index is 5.48. The van der Waals surface area contributed by atoms with Gasteiger partial charge < -0.3 is 10.1 Å². The Balaban J connectivity index is 2.72. The average Bonchev–Trinajstić information content (AvgIpc) is 2.42. The molecule has 0 aliphatic carbocycles. The summed E-state index contributed by atoms with van der Waals surface area (Å²) < 4.78 is 5.48. The molecule has 0 spiro atoms. The number of rotatable bonds is 9. The molecular weight excluding hydrogens is 254 g/mol. The van der Waals surface area contributed by atoms with E-state index in [4.69, 9.17) is 4.74 Å². The minimum Gasteiger partial charge on any atom is -0.496 e. The molecule has 1 atom stereocenters. The number of aryl methyl sites for hydroxylation is 1. The third-order valence-corrected chi connectivity index (χ3v) is 4.15. The van der Waals surface area contributed by atoms with Crippen molar-refractivity contribution in [3.63, 3.8) is 0 Å². The second-order valence-corrected chi connectivity index (χ2v) is 6.15. The molecule has 1 unspecified atom stereocenters. The summed E-state index contributed by atoms with van der Waals surface area (Å²) in [6.45, 7) is 7.65. The van der Waals surface area contributed by atoms with Gasteiger partial charge in [0.05, 0.1) is 7.11 Å². The van der Waals surface area contributed by atoms with Crippen molar-refractivity contribution in [1.82, 2.24) is 5.32 Å². The van der Waals surface area contributed by atoms with Gasteiger partial charge in [-0.1, -0.05) is 31.5 Å². The highest BCUT2D eigenvalue weighted by atomic mass is 32.2. The Labute approximate surface area is 122 Å². The molecule has 0 fully saturated rings. The molecule has 0 radical (unpaired) electrons. The highest BCUT2D eigenvalue weighted by Crippen LogP contribution is 2.22. The number of ether oxygens (including phenoxy) is 1. The SMILES string of the molecule is CCCNC(CSCC)Cc1cc(C)ccc1OC. The molecule has 0 saturated carbocycles. The van der Waals surface area contributed by atoms with Crippen molar-refractivity contribution >= 4 is 11.8 Å². The monoisotopic (exact) mass is 281 g/mol. The van der Waals surface area contributed by atoms with E-state index in [-0.39, 0.29) is 0 Å². The zero-order valence-electron chi connectivity index (χ0n) is 12.7. The van der Waals surface area contributed by atoms with Crippen LogP contribution < -0.4 is 10.1 Å². The third kappa shape index (κ3) is 5.87. The van der Waals surface area contributed by atoms with Crippen molar-refractivity contribution in [2.45, 2.75) is 39.7 Å². The quantitative estimate of drug-likeness (QED) is 0.746. The number of thioether (sulfide) groups is 1. The molecule has 0 amide bonds. The van der Waals surface area contributed by atoms with Crippen LogP contribution in [0.3, 0.4) is 0 Å². The standard InChI is InChI=1S/C16H27NOS/c1-5-9-17-15(12-19-6-2)11-14-10-13(3)7-8-16(14)18-4/h7-8,10,15,17H,5-6,9,11-12H2,1-4H3. The lowest BCUT2D eigenvalue weighted by Gasteiger charge is -2.19. The van der Waals surface area contributed by atoms with Crippen molar-refractivity contribution in [3.05, 3.63) is 29.3 Å². The minimum atomic E-state index is 0.528. The van der Waals surface area contributed by atoms with Gasteiger partial charge in [-0.25, -0.2) is 0 Å². The van der Waals surface area contributed by atoms with E-state index < -0.39 is 0 Å². The molecule has 2 nitrogen and oxygen atoms in total. The van der Waals surface area contributed by atoms with E-state index in [9.17, 15) is 0 Å². The molecule has 1 aromatic carbocycles. The molecule has 3 heteroatoms. The molecule has 1 N–H and O–H groups in total. The zero-order chi connectivity index (χ0) is 14.1. The van der Waals surface area contributed by atoms with Gasteiger partial charge in [0.1, 0.15) is 5.75 Å². The lowest BCUT2D eigenvalue weighted by Crippen LogP contribution is -2.34. The van der Waals surface area contributed by atoms with Crippen LogP contribution in [-0.4, -0.2) is 31.2 Å². The van der Waals surface area contributed by atoms with Crippen LogP contribution in [0, 0.1) is 6.92 Å². The van der Waals surface area contributed by atoms with Crippen LogP contribution in [0.15, 0.2) is 18.2 Å². The average molecular weight is 281 g/mol. The molecule has 0 aliphatic rings. The summed E-state index contributed by atoms with van der Waals surface area (Å²) in [7, 11) is 1.75. The largest absolute Gasteiger partial charge is 0.496 e. The smallest absolute Gasteiger partial charge is 0.122 e. The second kappa shape index (κ2) is 9.27. The maximum Gasteiger partial charge on any atom is 0.122 e. The van der Waals surface area contributed by atoms with Gasteiger partial charge in [-0.2, -0.15) is 11.8 Å². The van der Waals surface area contributed by atoms with Gasteiger partial charge in [0, 0.05) is 11.8 Å². The van der Waals surface area contributed by atoms with Gasteiger partial charge in [0.25, 0.3) is 0 Å². The molecule has 0 aromatic heterocycles. The Morgan fingerprint density at radius 3 is 2.74 bits per heavy atom. The van der Waals surface area contributed by atoms with E-state index in [2.05, 4.69) is 44.3 Å². The van der Waals surface area contributed by atoms with Crippen molar-refractivity contribution < 1.29 is 4.74 Å². The van der Waals surface area contributed by atoms with Crippen molar-refractivity contribution in [2.75, 3.05) is 25.2 Å². The van der Waals surface area contributed by atoms with E-state index >= 15 is 0 Å². The van der Waals surface area contributed by atoms with Gasteiger partial charge in [-0.15, -0.1) is 0 Å². The van der Waals surface area contributed by atoms with Crippen LogP contribution in [0.1, 0.15) is 31.4 Å². The highest BCUT2D eigenvalue weighted by Gasteiger charge is 2.12. The molecule has 19 heavy (non-hydrogen) atoms. The molecule has 0 bridgehead atoms. The Morgan fingerprint density at radius 1 is 1.32 bits per heavy atom. The summed E-state index contributed by atoms with van der Waals surface area (Å²) in [4.78, 5) is 0. The summed E-state index contributed by atoms with van der Waals surface area (Å²) in [6.07, 6.45) is 2.22. The van der Waals surface area contributed by atoms with Gasteiger partial charge in [-0.05, 0) is 43.7 Å². The zero-order valence-corrected chi connectivity index (χ0v) is 13.5. The number of methoxy groups -OCH3 is 1. The molecular formula is C16H27NOS. The summed E-state index contributed by atoms with van der Waals surface area (Å²) in [5.41, 5.74) is 2.61. The molecule has 0 heterocycles. The Morgan fingerprint density at radius 2 is 2.11 bits per heavy atom. The fraction of sp³-hybridized carbons (Fsp3) is 0.625. The first-order valence-electron chi connectivity index (χ1n) is 7.15. The van der Waals surface area contributed by atoms with Crippen LogP contribution in [-0.2, 0) is 6.42 Å². The fourth-order valence-electron chi connectivity index (χ4n) is 2.13. The fourth-order valence-corrected chi connectivity index (χ4v) is 2.89. The lowest BCUT2D eigenvalue weighted by atomic mass is 10.0. The van der Waals surface area contributed by atoms with Gasteiger partial charge in [-0.3, -0.25) is 0 Å². The lowest BCUT2D eigenvalue weighted by molar-refractivity contribution is 0.406. The maximum atomic E-state index is 5.48. The van der Waals surface area contributed by atoms with Crippen molar-refractivity contribution in [1.29, 1.82) is 0 Å². The van der Waals surface area contributed by atoms with Crippen LogP contribution in [0.4, 0.5) is 0 Å². The highest BCUT2D eigenvalue weighted by molar-refractivity contribution is 7.99. The molecule has 0 saturated heterocycles. The molecule has 108 valence electrons. The predicted molar refractivity (Wildman–Crippen MR) is 86.5 cm³/mol. The summed E-state index contributed by atoms with van der Waals surface area (Å²) >= 11 is 2.00. The predicted octanol–water partition coefficient (Wildman–Crippen LogP) is 3.67.